The summed E-state index contributed by atoms with van der Waals surface area (Å²) in [6.07, 6.45) is 0.444. The molecule has 190 valence electrons. The number of carbonyl (C=O) groups is 4. The maximum atomic E-state index is 13.0. The predicted molar refractivity (Wildman–Crippen MR) is 138 cm³/mol. The van der Waals surface area contributed by atoms with Gasteiger partial charge in [-0.3, -0.25) is 19.3 Å². The van der Waals surface area contributed by atoms with E-state index in [1.807, 2.05) is 6.92 Å². The lowest BCUT2D eigenvalue weighted by molar-refractivity contribution is -0.150. The fourth-order valence-corrected chi connectivity index (χ4v) is 8.02. The largest absolute Gasteiger partial charge is 0.477 e. The molecule has 0 saturated carbocycles. The monoisotopic (exact) mass is 633 g/mol. The van der Waals surface area contributed by atoms with Crippen LogP contribution in [-0.2, 0) is 24.0 Å². The number of anilines is 1. The number of nitrogens with zero attached hydrogens (tertiary/aromatic N) is 5. The number of hydrogen-bond donors (Lipinski definition) is 3. The Morgan fingerprint density at radius 2 is 2.17 bits per heavy atom. The van der Waals surface area contributed by atoms with Crippen LogP contribution in [0.2, 0.25) is 0 Å². The van der Waals surface area contributed by atoms with Gasteiger partial charge in [0.2, 0.25) is 6.41 Å². The zero-order valence-corrected chi connectivity index (χ0v) is 23.2. The van der Waals surface area contributed by atoms with Gasteiger partial charge in [-0.05, 0) is 28.4 Å². The lowest BCUT2D eigenvalue weighted by Crippen LogP contribution is -2.71. The molecule has 0 bridgehead atoms. The van der Waals surface area contributed by atoms with Crippen LogP contribution in [0.25, 0.3) is 0 Å². The van der Waals surface area contributed by atoms with E-state index in [9.17, 15) is 24.3 Å². The molecule has 1 fully saturated rings. The summed E-state index contributed by atoms with van der Waals surface area (Å²) in [4.78, 5) is 58.9. The molecule has 1 unspecified atom stereocenters. The molecule has 4 rings (SSSR count). The summed E-state index contributed by atoms with van der Waals surface area (Å²) in [6.45, 7) is 1.83. The van der Waals surface area contributed by atoms with E-state index in [2.05, 4.69) is 46.9 Å². The first-order valence-corrected chi connectivity index (χ1v) is 14.3. The van der Waals surface area contributed by atoms with Gasteiger partial charge in [0.15, 0.2) is 15.2 Å². The summed E-state index contributed by atoms with van der Waals surface area (Å²) in [6, 6.07) is -0.969. The van der Waals surface area contributed by atoms with E-state index in [0.29, 0.717) is 31.6 Å². The van der Waals surface area contributed by atoms with Crippen LogP contribution < -0.4 is 10.6 Å². The van der Waals surface area contributed by atoms with Crippen LogP contribution in [0.1, 0.15) is 10.7 Å². The second-order valence-corrected chi connectivity index (χ2v) is 12.8. The van der Waals surface area contributed by atoms with Crippen molar-refractivity contribution < 1.29 is 29.1 Å². The third kappa shape index (κ3) is 5.26. The molecule has 0 aliphatic carbocycles. The Morgan fingerprint density at radius 3 is 2.81 bits per heavy atom. The van der Waals surface area contributed by atoms with E-state index >= 15 is 0 Å². The summed E-state index contributed by atoms with van der Waals surface area (Å²) < 4.78 is 1.12. The minimum absolute atomic E-state index is 0.0828. The Morgan fingerprint density at radius 1 is 1.39 bits per heavy atom. The Balaban J connectivity index is 1.50. The summed E-state index contributed by atoms with van der Waals surface area (Å²) in [5, 5.41) is 27.0. The van der Waals surface area contributed by atoms with Crippen molar-refractivity contribution >= 4 is 97.2 Å². The number of aliphatic carboxylic acids is 1. The van der Waals surface area contributed by atoms with Crippen LogP contribution in [0.3, 0.4) is 0 Å². The Kier molecular flexibility index (Phi) is 8.28. The maximum absolute atomic E-state index is 13.0. The number of thiazole rings is 1. The summed E-state index contributed by atoms with van der Waals surface area (Å²) in [7, 11) is 1.25. The number of oxime groups is 1. The fourth-order valence-electron chi connectivity index (χ4n) is 3.33. The predicted octanol–water partition coefficient (Wildman–Crippen LogP) is 1.52. The Labute approximate surface area is 228 Å². The average molecular weight is 635 g/mol. The number of carbonyl (C=O) groups excluding carboxylic acids is 3. The van der Waals surface area contributed by atoms with Crippen molar-refractivity contribution in [1.29, 1.82) is 0 Å². The van der Waals surface area contributed by atoms with Crippen molar-refractivity contribution in [3.8, 4) is 0 Å². The molecule has 18 heteroatoms. The van der Waals surface area contributed by atoms with E-state index < -0.39 is 29.2 Å². The van der Waals surface area contributed by atoms with Gasteiger partial charge in [0.1, 0.15) is 38.7 Å². The molecule has 36 heavy (non-hydrogen) atoms. The van der Waals surface area contributed by atoms with E-state index in [1.165, 1.54) is 46.9 Å². The number of carboxylic acid groups (broad SMARTS) is 1. The quantitative estimate of drug-likeness (QED) is 0.114. The van der Waals surface area contributed by atoms with Crippen LogP contribution in [0.4, 0.5) is 5.13 Å². The molecule has 3 N–H and O–H groups in total. The molecule has 2 aromatic rings. The van der Waals surface area contributed by atoms with E-state index in [4.69, 9.17) is 4.84 Å². The van der Waals surface area contributed by atoms with Crippen LogP contribution in [0.5, 0.6) is 0 Å². The van der Waals surface area contributed by atoms with Crippen molar-refractivity contribution in [3.05, 3.63) is 25.8 Å². The first-order chi connectivity index (χ1) is 17.2. The van der Waals surface area contributed by atoms with E-state index in [-0.39, 0.29) is 22.2 Å². The van der Waals surface area contributed by atoms with Crippen molar-refractivity contribution in [2.45, 2.75) is 22.7 Å². The van der Waals surface area contributed by atoms with Crippen LogP contribution in [-0.4, -0.2) is 85.1 Å². The molecule has 0 spiro atoms. The second kappa shape index (κ2) is 11.2. The summed E-state index contributed by atoms with van der Waals surface area (Å²) in [5.74, 6) is -1.80. The Bertz CT molecular complexity index is 1290. The van der Waals surface area contributed by atoms with Gasteiger partial charge in [0, 0.05) is 11.5 Å². The molecule has 4 heterocycles. The molecule has 0 aromatic carbocycles. The number of β-lactam (4-membered cyclic amide) rings is 1. The molecule has 3 amide bonds. The molecule has 2 aliphatic rings. The molecular formula is C18H16BrN7O6S4. The summed E-state index contributed by atoms with van der Waals surface area (Å²) >= 11 is 8.45. The number of rotatable bonds is 10. The molecule has 0 radical (unpaired) electrons. The van der Waals surface area contributed by atoms with Gasteiger partial charge in [0.05, 0.1) is 0 Å². The highest BCUT2D eigenvalue weighted by molar-refractivity contribution is 9.11. The van der Waals surface area contributed by atoms with Crippen LogP contribution >= 0.6 is 62.1 Å². The normalized spacial score (nSPS) is 19.5. The SMILES string of the molecule is CON=C(C(=O)NC1C(=O)N2C(C(=O)O)=C(CSc3nnc(C)s3)CS[C@@H]12)c1nc(NC=O)sc1Br. The zero-order valence-electron chi connectivity index (χ0n) is 18.4. The number of halogens is 1. The number of carboxylic acids is 1. The third-order valence-corrected chi connectivity index (χ3v) is 9.84. The Hall–Kier alpha value is -2.54. The third-order valence-electron chi connectivity index (χ3n) is 4.80. The number of hydrogen-bond acceptors (Lipinski definition) is 13. The van der Waals surface area contributed by atoms with Gasteiger partial charge >= 0.3 is 5.97 Å². The van der Waals surface area contributed by atoms with Gasteiger partial charge in [0.25, 0.3) is 11.8 Å². The molecular weight excluding hydrogens is 618 g/mol. The van der Waals surface area contributed by atoms with E-state index in [0.717, 1.165) is 16.3 Å². The minimum Gasteiger partial charge on any atom is -0.477 e. The van der Waals surface area contributed by atoms with Crippen LogP contribution in [0.15, 0.2) is 24.6 Å². The van der Waals surface area contributed by atoms with Gasteiger partial charge in [-0.2, -0.15) is 0 Å². The van der Waals surface area contributed by atoms with Crippen molar-refractivity contribution in [2.24, 2.45) is 5.16 Å². The number of amides is 3. The van der Waals surface area contributed by atoms with Gasteiger partial charge in [-0.15, -0.1) is 22.0 Å². The highest BCUT2D eigenvalue weighted by Gasteiger charge is 2.54. The number of nitrogens with one attached hydrogen (secondary N) is 2. The average Bonchev–Trinajstić information content (AvgIpc) is 3.43. The maximum Gasteiger partial charge on any atom is 0.352 e. The highest BCUT2D eigenvalue weighted by Crippen LogP contribution is 2.42. The summed E-state index contributed by atoms with van der Waals surface area (Å²) in [5.41, 5.74) is 0.398. The first-order valence-electron chi connectivity index (χ1n) is 9.87. The van der Waals surface area contributed by atoms with Gasteiger partial charge in [-0.25, -0.2) is 9.78 Å². The highest BCUT2D eigenvalue weighted by atomic mass is 79.9. The number of aryl methyl sites for hydroxylation is 1. The molecule has 1 saturated heterocycles. The molecule has 13 nitrogen and oxygen atoms in total. The second-order valence-electron chi connectivity index (χ2n) is 7.02. The molecule has 2 aromatic heterocycles. The van der Waals surface area contributed by atoms with E-state index in [1.54, 1.807) is 0 Å². The van der Waals surface area contributed by atoms with Crippen molar-refractivity contribution in [3.63, 3.8) is 0 Å². The topological polar surface area (TPSA) is 176 Å². The van der Waals surface area contributed by atoms with Gasteiger partial charge < -0.3 is 20.6 Å². The van der Waals surface area contributed by atoms with Crippen LogP contribution in [0, 0.1) is 6.92 Å². The molecule has 2 aliphatic heterocycles. The smallest absolute Gasteiger partial charge is 0.352 e. The minimum atomic E-state index is -1.22. The standard InChI is InChI=1S/C18H16BrN7O6S4/c1-6-23-24-18(35-6)34-4-7-3-33-15-10(14(29)26(15)11(7)16(30)31)21-13(28)9(25-32-2)8-12(19)36-17(22-8)20-5-27/h5,10,15H,3-4H2,1-2H3,(H,21,28)(H,30,31)(H,20,22,27)/t10?,15-/m0/s1. The van der Waals surface area contributed by atoms with Gasteiger partial charge in [-0.1, -0.05) is 39.6 Å². The molecule has 2 atom stereocenters. The van der Waals surface area contributed by atoms with Crippen molar-refractivity contribution in [2.75, 3.05) is 23.9 Å². The first kappa shape index (κ1) is 26.5. The number of thioether (sulfide) groups is 2. The van der Waals surface area contributed by atoms with Crippen molar-refractivity contribution in [1.82, 2.24) is 25.4 Å². The lowest BCUT2D eigenvalue weighted by atomic mass is 10.0. The number of aromatic nitrogens is 3. The fraction of sp³-hybridized carbons (Fsp3) is 0.333. The zero-order chi connectivity index (χ0) is 26.0. The lowest BCUT2D eigenvalue weighted by Gasteiger charge is -2.49. The number of fused-ring (bicyclic) bond motifs is 1.